The van der Waals surface area contributed by atoms with E-state index in [4.69, 9.17) is 4.74 Å². The Hall–Kier alpha value is -3.09. The molecule has 160 valence electrons. The van der Waals surface area contributed by atoms with Gasteiger partial charge in [-0.1, -0.05) is 12.1 Å². The fourth-order valence-corrected chi connectivity index (χ4v) is 4.67. The van der Waals surface area contributed by atoms with Gasteiger partial charge in [-0.2, -0.15) is 4.31 Å². The van der Waals surface area contributed by atoms with E-state index in [1.54, 1.807) is 12.1 Å². The number of piperazine rings is 1. The number of benzene rings is 2. The molecule has 30 heavy (non-hydrogen) atoms. The molecule has 2 aromatic rings. The maximum Gasteiger partial charge on any atom is 0.312 e. The summed E-state index contributed by atoms with van der Waals surface area (Å²) in [4.78, 5) is 22.7. The van der Waals surface area contributed by atoms with Crippen molar-refractivity contribution < 1.29 is 23.0 Å². The summed E-state index contributed by atoms with van der Waals surface area (Å²) < 4.78 is 32.0. The lowest BCUT2D eigenvalue weighted by molar-refractivity contribution is -0.386. The number of nitro benzene ring substituents is 2. The molecule has 1 heterocycles. The fraction of sp³-hybridized carbons (Fsp3) is 0.333. The molecule has 0 radical (unpaired) electrons. The third-order valence-electron chi connectivity index (χ3n) is 4.87. The topological polar surface area (TPSA) is 136 Å². The highest BCUT2D eigenvalue weighted by Gasteiger charge is 2.30. The first-order chi connectivity index (χ1) is 14.2. The first-order valence-corrected chi connectivity index (χ1v) is 10.4. The maximum absolute atomic E-state index is 12.9. The van der Waals surface area contributed by atoms with Gasteiger partial charge in [-0.3, -0.25) is 25.1 Å². The molecule has 1 aliphatic heterocycles. The SMILES string of the molecule is COc1ccc(S(=O)(=O)N2CCN(Cc3ccc([N+](=O)[O-])cc3)CC2)cc1[N+](=O)[O-]. The Morgan fingerprint density at radius 2 is 1.60 bits per heavy atom. The second-order valence-corrected chi connectivity index (χ2v) is 8.63. The van der Waals surface area contributed by atoms with Crippen LogP contribution in [0, 0.1) is 20.2 Å². The minimum Gasteiger partial charge on any atom is -0.490 e. The molecule has 0 aliphatic carbocycles. The molecule has 0 atom stereocenters. The van der Waals surface area contributed by atoms with Gasteiger partial charge in [-0.15, -0.1) is 0 Å². The van der Waals surface area contributed by atoms with E-state index in [9.17, 15) is 28.6 Å². The average Bonchev–Trinajstić information content (AvgIpc) is 2.74. The molecule has 0 N–H and O–H groups in total. The highest BCUT2D eigenvalue weighted by molar-refractivity contribution is 7.89. The second kappa shape index (κ2) is 8.73. The highest BCUT2D eigenvalue weighted by atomic mass is 32.2. The lowest BCUT2D eigenvalue weighted by atomic mass is 10.2. The summed E-state index contributed by atoms with van der Waals surface area (Å²) in [7, 11) is -2.60. The van der Waals surface area contributed by atoms with Crippen LogP contribution in [0.2, 0.25) is 0 Å². The van der Waals surface area contributed by atoms with Crippen molar-refractivity contribution in [2.45, 2.75) is 11.4 Å². The van der Waals surface area contributed by atoms with Crippen molar-refractivity contribution in [1.82, 2.24) is 9.21 Å². The van der Waals surface area contributed by atoms with Gasteiger partial charge in [0.05, 0.1) is 21.9 Å². The summed E-state index contributed by atoms with van der Waals surface area (Å²) in [5.74, 6) is -0.00753. The standard InChI is InChI=1S/C18H20N4O7S/c1-29-18-7-6-16(12-17(18)22(25)26)30(27,28)20-10-8-19(9-11-20)13-14-2-4-15(5-3-14)21(23)24/h2-7,12H,8-11,13H2,1H3. The molecule has 0 spiro atoms. The summed E-state index contributed by atoms with van der Waals surface area (Å²) in [6.45, 7) is 1.94. The van der Waals surface area contributed by atoms with Crippen LogP contribution in [0.15, 0.2) is 47.4 Å². The van der Waals surface area contributed by atoms with Crippen LogP contribution in [0.4, 0.5) is 11.4 Å². The fourth-order valence-electron chi connectivity index (χ4n) is 3.23. The third-order valence-corrected chi connectivity index (χ3v) is 6.76. The van der Waals surface area contributed by atoms with Crippen molar-refractivity contribution in [3.8, 4) is 5.75 Å². The summed E-state index contributed by atoms with van der Waals surface area (Å²) in [5.41, 5.74) is 0.501. The van der Waals surface area contributed by atoms with Crippen LogP contribution in [0.1, 0.15) is 5.56 Å². The van der Waals surface area contributed by atoms with E-state index in [1.807, 2.05) is 4.90 Å². The van der Waals surface area contributed by atoms with E-state index in [2.05, 4.69) is 0 Å². The zero-order chi connectivity index (χ0) is 21.9. The summed E-state index contributed by atoms with van der Waals surface area (Å²) in [6.07, 6.45) is 0. The van der Waals surface area contributed by atoms with Crippen LogP contribution in [0.3, 0.4) is 0 Å². The zero-order valence-corrected chi connectivity index (χ0v) is 16.9. The van der Waals surface area contributed by atoms with E-state index in [1.165, 1.54) is 35.7 Å². The third kappa shape index (κ3) is 4.56. The lowest BCUT2D eigenvalue weighted by Gasteiger charge is -2.34. The molecule has 0 bridgehead atoms. The summed E-state index contributed by atoms with van der Waals surface area (Å²) >= 11 is 0. The molecular formula is C18H20N4O7S. The Bertz CT molecular complexity index is 1050. The molecular weight excluding hydrogens is 416 g/mol. The quantitative estimate of drug-likeness (QED) is 0.475. The number of ether oxygens (including phenoxy) is 1. The van der Waals surface area contributed by atoms with Crippen LogP contribution in [-0.2, 0) is 16.6 Å². The molecule has 0 unspecified atom stereocenters. The van der Waals surface area contributed by atoms with E-state index < -0.39 is 25.6 Å². The van der Waals surface area contributed by atoms with Gasteiger partial charge in [-0.05, 0) is 17.7 Å². The molecule has 1 saturated heterocycles. The van der Waals surface area contributed by atoms with Gasteiger partial charge in [0, 0.05) is 50.9 Å². The number of sulfonamides is 1. The van der Waals surface area contributed by atoms with Crippen LogP contribution in [0.5, 0.6) is 5.75 Å². The van der Waals surface area contributed by atoms with Crippen LogP contribution < -0.4 is 4.74 Å². The maximum atomic E-state index is 12.9. The van der Waals surface area contributed by atoms with Crippen LogP contribution >= 0.6 is 0 Å². The second-order valence-electron chi connectivity index (χ2n) is 6.69. The molecule has 12 heteroatoms. The minimum absolute atomic E-state index is 0.00753. The molecule has 11 nitrogen and oxygen atoms in total. The number of nitro groups is 2. The van der Waals surface area contributed by atoms with Gasteiger partial charge in [0.1, 0.15) is 0 Å². The molecule has 0 amide bonds. The van der Waals surface area contributed by atoms with Gasteiger partial charge in [0.25, 0.3) is 5.69 Å². The Morgan fingerprint density at radius 3 is 2.13 bits per heavy atom. The number of nitrogens with zero attached hydrogens (tertiary/aromatic N) is 4. The average molecular weight is 436 g/mol. The van der Waals surface area contributed by atoms with Crippen molar-refractivity contribution in [3.63, 3.8) is 0 Å². The normalized spacial score (nSPS) is 15.6. The molecule has 0 saturated carbocycles. The van der Waals surface area contributed by atoms with E-state index in [0.29, 0.717) is 19.6 Å². The van der Waals surface area contributed by atoms with E-state index >= 15 is 0 Å². The first-order valence-electron chi connectivity index (χ1n) is 9.00. The Labute approximate surface area is 172 Å². The molecule has 2 aromatic carbocycles. The molecule has 3 rings (SSSR count). The minimum atomic E-state index is -3.88. The molecule has 1 fully saturated rings. The number of rotatable bonds is 7. The van der Waals surface area contributed by atoms with Crippen molar-refractivity contribution in [3.05, 3.63) is 68.3 Å². The Morgan fingerprint density at radius 1 is 0.967 bits per heavy atom. The van der Waals surface area contributed by atoms with Crippen molar-refractivity contribution >= 4 is 21.4 Å². The predicted molar refractivity (Wildman–Crippen MR) is 107 cm³/mol. The number of hydrogen-bond donors (Lipinski definition) is 0. The lowest BCUT2D eigenvalue weighted by Crippen LogP contribution is -2.48. The predicted octanol–water partition coefficient (Wildman–Crippen LogP) is 2.02. The summed E-state index contributed by atoms with van der Waals surface area (Å²) in [5, 5.41) is 21.9. The highest BCUT2D eigenvalue weighted by Crippen LogP contribution is 2.30. The zero-order valence-electron chi connectivity index (χ0n) is 16.1. The van der Waals surface area contributed by atoms with E-state index in [0.717, 1.165) is 11.6 Å². The van der Waals surface area contributed by atoms with E-state index in [-0.39, 0.29) is 29.4 Å². The Balaban J connectivity index is 1.67. The van der Waals surface area contributed by atoms with Gasteiger partial charge < -0.3 is 4.74 Å². The number of hydrogen-bond acceptors (Lipinski definition) is 8. The molecule has 0 aromatic heterocycles. The monoisotopic (exact) mass is 436 g/mol. The smallest absolute Gasteiger partial charge is 0.312 e. The van der Waals surface area contributed by atoms with Crippen molar-refractivity contribution in [1.29, 1.82) is 0 Å². The summed E-state index contributed by atoms with van der Waals surface area (Å²) in [6, 6.07) is 9.81. The van der Waals surface area contributed by atoms with Crippen molar-refractivity contribution in [2.24, 2.45) is 0 Å². The van der Waals surface area contributed by atoms with Gasteiger partial charge in [0.2, 0.25) is 10.0 Å². The largest absolute Gasteiger partial charge is 0.490 e. The van der Waals surface area contributed by atoms with Crippen LogP contribution in [-0.4, -0.2) is 60.8 Å². The Kier molecular flexibility index (Phi) is 6.29. The number of methoxy groups -OCH3 is 1. The number of non-ortho nitro benzene ring substituents is 1. The molecule has 1 aliphatic rings. The van der Waals surface area contributed by atoms with Gasteiger partial charge >= 0.3 is 5.69 Å². The first kappa shape index (κ1) is 21.6. The van der Waals surface area contributed by atoms with Gasteiger partial charge in [0.15, 0.2) is 5.75 Å². The van der Waals surface area contributed by atoms with Crippen LogP contribution in [0.25, 0.3) is 0 Å². The van der Waals surface area contributed by atoms with Gasteiger partial charge in [-0.25, -0.2) is 8.42 Å². The van der Waals surface area contributed by atoms with Crippen molar-refractivity contribution in [2.75, 3.05) is 33.3 Å².